The molecular weight excluding hydrogens is 274 g/mol. The van der Waals surface area contributed by atoms with Gasteiger partial charge in [-0.3, -0.25) is 4.99 Å². The summed E-state index contributed by atoms with van der Waals surface area (Å²) in [7, 11) is 0. The molecule has 1 aliphatic rings. The monoisotopic (exact) mass is 303 g/mol. The Bertz CT molecular complexity index is 482. The van der Waals surface area contributed by atoms with Gasteiger partial charge in [-0.25, -0.2) is 0 Å². The predicted molar refractivity (Wildman–Crippen MR) is 92.2 cm³/mol. The van der Waals surface area contributed by atoms with Crippen molar-refractivity contribution in [1.29, 1.82) is 0 Å². The molecule has 1 aromatic rings. The first-order valence-corrected chi connectivity index (χ1v) is 8.36. The van der Waals surface area contributed by atoms with Gasteiger partial charge in [-0.05, 0) is 38.7 Å². The van der Waals surface area contributed by atoms with Crippen LogP contribution in [0.5, 0.6) is 0 Å². The van der Waals surface area contributed by atoms with Crippen molar-refractivity contribution >= 4 is 5.96 Å². The summed E-state index contributed by atoms with van der Waals surface area (Å²) in [6.07, 6.45) is 2.84. The first-order chi connectivity index (χ1) is 10.5. The second-order valence-corrected chi connectivity index (χ2v) is 6.41. The highest BCUT2D eigenvalue weighted by atomic mass is 16.3. The average molecular weight is 303 g/mol. The summed E-state index contributed by atoms with van der Waals surface area (Å²) in [4.78, 5) is 4.57. The molecule has 2 rings (SSSR count). The zero-order chi connectivity index (χ0) is 16.0. The van der Waals surface area contributed by atoms with Crippen molar-refractivity contribution in [3.8, 4) is 0 Å². The second-order valence-electron chi connectivity index (χ2n) is 6.41. The summed E-state index contributed by atoms with van der Waals surface area (Å²) < 4.78 is 0. The smallest absolute Gasteiger partial charge is 0.191 e. The van der Waals surface area contributed by atoms with Gasteiger partial charge < -0.3 is 15.7 Å². The summed E-state index contributed by atoms with van der Waals surface area (Å²) in [5.74, 6) is 1.18. The van der Waals surface area contributed by atoms with Crippen LogP contribution in [0.15, 0.2) is 35.3 Å². The van der Waals surface area contributed by atoms with Crippen LogP contribution in [0, 0.1) is 0 Å². The topological polar surface area (TPSA) is 56.7 Å². The van der Waals surface area contributed by atoms with Gasteiger partial charge in [0.25, 0.3) is 0 Å². The van der Waals surface area contributed by atoms with Crippen molar-refractivity contribution in [2.45, 2.75) is 57.6 Å². The van der Waals surface area contributed by atoms with Crippen LogP contribution in [-0.2, 0) is 0 Å². The summed E-state index contributed by atoms with van der Waals surface area (Å²) in [5.41, 5.74) is 0.743. The molecule has 0 heterocycles. The van der Waals surface area contributed by atoms with Gasteiger partial charge in [0.2, 0.25) is 0 Å². The highest BCUT2D eigenvalue weighted by molar-refractivity contribution is 5.80. The maximum Gasteiger partial charge on any atom is 0.191 e. The number of hydrogen-bond acceptors (Lipinski definition) is 2. The molecule has 1 saturated carbocycles. The van der Waals surface area contributed by atoms with Crippen LogP contribution in [-0.4, -0.2) is 35.8 Å². The third-order valence-electron chi connectivity index (χ3n) is 4.60. The lowest BCUT2D eigenvalue weighted by Crippen LogP contribution is -2.46. The quantitative estimate of drug-likeness (QED) is 0.559. The molecule has 4 heteroatoms. The Morgan fingerprint density at radius 1 is 1.27 bits per heavy atom. The SMILES string of the molecule is CCNC(=NCC1(O)CCC1)NC(C)C(C)c1ccccc1. The molecule has 22 heavy (non-hydrogen) atoms. The molecular formula is C18H29N3O. The standard InChI is InChI=1S/C18H29N3O/c1-4-19-17(20-13-18(22)11-8-12-18)21-15(3)14(2)16-9-6-5-7-10-16/h5-7,9-10,14-15,22H,4,8,11-13H2,1-3H3,(H2,19,20,21). The normalized spacial score (nSPS) is 19.9. The third-order valence-corrected chi connectivity index (χ3v) is 4.60. The van der Waals surface area contributed by atoms with Crippen LogP contribution >= 0.6 is 0 Å². The van der Waals surface area contributed by atoms with Gasteiger partial charge in [0.1, 0.15) is 0 Å². The lowest BCUT2D eigenvalue weighted by atomic mass is 9.80. The van der Waals surface area contributed by atoms with Gasteiger partial charge in [-0.1, -0.05) is 37.3 Å². The average Bonchev–Trinajstić information content (AvgIpc) is 2.51. The van der Waals surface area contributed by atoms with Crippen LogP contribution in [0.3, 0.4) is 0 Å². The van der Waals surface area contributed by atoms with E-state index in [-0.39, 0.29) is 6.04 Å². The molecule has 1 aromatic carbocycles. The molecule has 122 valence electrons. The predicted octanol–water partition coefficient (Wildman–Crippen LogP) is 2.65. The Hall–Kier alpha value is -1.55. The van der Waals surface area contributed by atoms with E-state index in [0.29, 0.717) is 12.5 Å². The maximum atomic E-state index is 10.2. The van der Waals surface area contributed by atoms with E-state index in [1.807, 2.05) is 6.07 Å². The maximum absolute atomic E-state index is 10.2. The van der Waals surface area contributed by atoms with Crippen LogP contribution in [0.2, 0.25) is 0 Å². The molecule has 0 spiro atoms. The molecule has 0 aliphatic heterocycles. The first kappa shape index (κ1) is 16.8. The molecule has 4 nitrogen and oxygen atoms in total. The minimum absolute atomic E-state index is 0.260. The van der Waals surface area contributed by atoms with E-state index in [4.69, 9.17) is 0 Å². The number of nitrogens with zero attached hydrogens (tertiary/aromatic N) is 1. The fourth-order valence-electron chi connectivity index (χ4n) is 2.68. The van der Waals surface area contributed by atoms with Crippen molar-refractivity contribution in [2.24, 2.45) is 4.99 Å². The molecule has 2 atom stereocenters. The van der Waals surface area contributed by atoms with Crippen LogP contribution in [0.25, 0.3) is 0 Å². The van der Waals surface area contributed by atoms with Crippen LogP contribution in [0.1, 0.15) is 51.5 Å². The van der Waals surface area contributed by atoms with E-state index in [0.717, 1.165) is 31.8 Å². The lowest BCUT2D eigenvalue weighted by molar-refractivity contribution is -0.0236. The number of benzene rings is 1. The van der Waals surface area contributed by atoms with E-state index >= 15 is 0 Å². The molecule has 0 amide bonds. The second kappa shape index (κ2) is 7.63. The third kappa shape index (κ3) is 4.47. The number of nitrogens with one attached hydrogen (secondary N) is 2. The van der Waals surface area contributed by atoms with E-state index in [2.05, 4.69) is 60.7 Å². The molecule has 0 saturated heterocycles. The largest absolute Gasteiger partial charge is 0.388 e. The van der Waals surface area contributed by atoms with E-state index in [1.165, 1.54) is 5.56 Å². The Balaban J connectivity index is 1.95. The van der Waals surface area contributed by atoms with Gasteiger partial charge in [-0.15, -0.1) is 0 Å². The number of aliphatic hydroxyl groups is 1. The fourth-order valence-corrected chi connectivity index (χ4v) is 2.68. The van der Waals surface area contributed by atoms with Crippen molar-refractivity contribution in [2.75, 3.05) is 13.1 Å². The molecule has 0 radical (unpaired) electrons. The summed E-state index contributed by atoms with van der Waals surface area (Å²) >= 11 is 0. The van der Waals surface area contributed by atoms with Crippen molar-refractivity contribution in [3.05, 3.63) is 35.9 Å². The number of hydrogen-bond donors (Lipinski definition) is 3. The summed E-state index contributed by atoms with van der Waals surface area (Å²) in [5, 5.41) is 16.9. The number of guanidine groups is 1. The van der Waals surface area contributed by atoms with Gasteiger partial charge in [0.05, 0.1) is 12.1 Å². The van der Waals surface area contributed by atoms with E-state index < -0.39 is 5.60 Å². The Morgan fingerprint density at radius 2 is 1.95 bits per heavy atom. The number of aliphatic imine (C=N–C) groups is 1. The fraction of sp³-hybridized carbons (Fsp3) is 0.611. The summed E-state index contributed by atoms with van der Waals surface area (Å²) in [6.45, 7) is 7.74. The molecule has 0 aromatic heterocycles. The highest BCUT2D eigenvalue weighted by Crippen LogP contribution is 2.31. The minimum atomic E-state index is -0.573. The van der Waals surface area contributed by atoms with Crippen molar-refractivity contribution in [1.82, 2.24) is 10.6 Å². The van der Waals surface area contributed by atoms with Gasteiger partial charge >= 0.3 is 0 Å². The van der Waals surface area contributed by atoms with E-state index in [9.17, 15) is 5.11 Å². The zero-order valence-corrected chi connectivity index (χ0v) is 14.0. The molecule has 1 fully saturated rings. The van der Waals surface area contributed by atoms with Crippen LogP contribution in [0.4, 0.5) is 0 Å². The Kier molecular flexibility index (Phi) is 5.83. The molecule has 2 unspecified atom stereocenters. The number of rotatable bonds is 6. The Labute approximate surface area is 134 Å². The Morgan fingerprint density at radius 3 is 2.50 bits per heavy atom. The summed E-state index contributed by atoms with van der Waals surface area (Å²) in [6, 6.07) is 10.8. The molecule has 1 aliphatic carbocycles. The van der Waals surface area contributed by atoms with Gasteiger partial charge in [0.15, 0.2) is 5.96 Å². The van der Waals surface area contributed by atoms with Crippen molar-refractivity contribution in [3.63, 3.8) is 0 Å². The van der Waals surface area contributed by atoms with Gasteiger partial charge in [0, 0.05) is 18.5 Å². The molecule has 0 bridgehead atoms. The van der Waals surface area contributed by atoms with E-state index in [1.54, 1.807) is 0 Å². The lowest BCUT2D eigenvalue weighted by Gasteiger charge is -2.35. The van der Waals surface area contributed by atoms with Crippen LogP contribution < -0.4 is 10.6 Å². The highest BCUT2D eigenvalue weighted by Gasteiger charge is 2.34. The molecule has 3 N–H and O–H groups in total. The van der Waals surface area contributed by atoms with Crippen molar-refractivity contribution < 1.29 is 5.11 Å². The first-order valence-electron chi connectivity index (χ1n) is 8.36. The van der Waals surface area contributed by atoms with Gasteiger partial charge in [-0.2, -0.15) is 0 Å². The zero-order valence-electron chi connectivity index (χ0n) is 14.0. The minimum Gasteiger partial charge on any atom is -0.388 e.